The average molecular weight is 341 g/mol. The van der Waals surface area contributed by atoms with E-state index in [0.717, 1.165) is 16.7 Å². The second kappa shape index (κ2) is 4.60. The van der Waals surface area contributed by atoms with Crippen LogP contribution in [0.4, 0.5) is 26.3 Å². The Morgan fingerprint density at radius 1 is 1.12 bits per heavy atom. The van der Waals surface area contributed by atoms with E-state index in [1.165, 1.54) is 5.38 Å². The monoisotopic (exact) mass is 340 g/mol. The fourth-order valence-corrected chi connectivity index (χ4v) is 2.57. The molecular formula is C8H3BrF6OS. The predicted octanol–water partition coefficient (Wildman–Crippen LogP) is 4.43. The van der Waals surface area contributed by atoms with Crippen molar-refractivity contribution >= 4 is 33.0 Å². The zero-order valence-electron chi connectivity index (χ0n) is 7.69. The van der Waals surface area contributed by atoms with Gasteiger partial charge in [0.1, 0.15) is 0 Å². The smallest absolute Gasteiger partial charge is 0.293 e. The van der Waals surface area contributed by atoms with Crippen LogP contribution >= 0.6 is 27.3 Å². The van der Waals surface area contributed by atoms with Crippen LogP contribution in [-0.2, 0) is 0 Å². The molecule has 96 valence electrons. The zero-order chi connectivity index (χ0) is 13.4. The van der Waals surface area contributed by atoms with Crippen molar-refractivity contribution in [1.82, 2.24) is 0 Å². The largest absolute Gasteiger partial charge is 0.407 e. The molecule has 0 aliphatic rings. The molecule has 1 heterocycles. The van der Waals surface area contributed by atoms with Crippen LogP contribution in [0.1, 0.15) is 10.4 Å². The van der Waals surface area contributed by atoms with Crippen molar-refractivity contribution in [3.63, 3.8) is 0 Å². The summed E-state index contributed by atoms with van der Waals surface area (Å²) in [6, 6.07) is 0. The van der Waals surface area contributed by atoms with E-state index in [4.69, 9.17) is 0 Å². The molecule has 0 aliphatic carbocycles. The average Bonchev–Trinajstić information content (AvgIpc) is 2.45. The standard InChI is InChI=1S/C8H3BrF6OS/c9-4-2-17-1-3(4)5(16)6(7(10,11)12)8(13,14)15/h1-2,6H. The number of hydrogen-bond acceptors (Lipinski definition) is 2. The molecule has 0 N–H and O–H groups in total. The summed E-state index contributed by atoms with van der Waals surface area (Å²) >= 11 is 3.55. The lowest BCUT2D eigenvalue weighted by atomic mass is 9.98. The van der Waals surface area contributed by atoms with Crippen molar-refractivity contribution in [3.8, 4) is 0 Å². The highest BCUT2D eigenvalue weighted by atomic mass is 79.9. The van der Waals surface area contributed by atoms with Crippen LogP contribution in [0.5, 0.6) is 0 Å². The summed E-state index contributed by atoms with van der Waals surface area (Å²) in [5.74, 6) is -5.99. The van der Waals surface area contributed by atoms with Gasteiger partial charge in [0.15, 0.2) is 5.78 Å². The van der Waals surface area contributed by atoms with E-state index in [0.29, 0.717) is 0 Å². The van der Waals surface area contributed by atoms with Gasteiger partial charge in [-0.1, -0.05) is 0 Å². The van der Waals surface area contributed by atoms with Crippen molar-refractivity contribution in [2.75, 3.05) is 0 Å². The molecule has 0 saturated carbocycles. The van der Waals surface area contributed by atoms with Gasteiger partial charge in [-0.25, -0.2) is 0 Å². The summed E-state index contributed by atoms with van der Waals surface area (Å²) in [6.07, 6.45) is -11.3. The minimum atomic E-state index is -5.66. The fourth-order valence-electron chi connectivity index (χ4n) is 1.10. The van der Waals surface area contributed by atoms with Gasteiger partial charge in [0.2, 0.25) is 5.92 Å². The van der Waals surface area contributed by atoms with Crippen LogP contribution in [-0.4, -0.2) is 18.1 Å². The molecule has 1 aromatic heterocycles. The molecule has 0 spiro atoms. The second-order valence-corrected chi connectivity index (χ2v) is 4.61. The van der Waals surface area contributed by atoms with Gasteiger partial charge in [0, 0.05) is 20.8 Å². The third-order valence-electron chi connectivity index (χ3n) is 1.80. The number of carbonyl (C=O) groups is 1. The van der Waals surface area contributed by atoms with Crippen LogP contribution in [0, 0.1) is 5.92 Å². The minimum absolute atomic E-state index is 0.0778. The molecule has 1 nitrogen and oxygen atoms in total. The van der Waals surface area contributed by atoms with Crippen molar-refractivity contribution in [2.45, 2.75) is 12.4 Å². The molecule has 0 bridgehead atoms. The zero-order valence-corrected chi connectivity index (χ0v) is 10.1. The van der Waals surface area contributed by atoms with E-state index in [9.17, 15) is 31.1 Å². The minimum Gasteiger partial charge on any atom is -0.293 e. The number of rotatable bonds is 2. The molecule has 0 fully saturated rings. The number of thiophene rings is 1. The quantitative estimate of drug-likeness (QED) is 0.574. The molecule has 17 heavy (non-hydrogen) atoms. The fraction of sp³-hybridized carbons (Fsp3) is 0.375. The topological polar surface area (TPSA) is 17.1 Å². The molecule has 1 aromatic rings. The first-order valence-corrected chi connectivity index (χ1v) is 5.68. The molecule has 9 heteroatoms. The van der Waals surface area contributed by atoms with Gasteiger partial charge in [-0.15, -0.1) is 0 Å². The highest BCUT2D eigenvalue weighted by Crippen LogP contribution is 2.42. The van der Waals surface area contributed by atoms with E-state index in [1.807, 2.05) is 0 Å². The Hall–Kier alpha value is -0.570. The molecule has 0 atom stereocenters. The van der Waals surface area contributed by atoms with Gasteiger partial charge in [-0.05, 0) is 15.9 Å². The predicted molar refractivity (Wildman–Crippen MR) is 51.9 cm³/mol. The number of alkyl halides is 6. The molecule has 0 aliphatic heterocycles. The van der Waals surface area contributed by atoms with Crippen LogP contribution in [0.3, 0.4) is 0 Å². The number of Topliss-reactive ketones (excluding diaryl/α,β-unsaturated/α-hetero) is 1. The number of ketones is 1. The van der Waals surface area contributed by atoms with Crippen LogP contribution in [0.2, 0.25) is 0 Å². The van der Waals surface area contributed by atoms with Crippen molar-refractivity contribution in [1.29, 1.82) is 0 Å². The van der Waals surface area contributed by atoms with Gasteiger partial charge in [-0.3, -0.25) is 4.79 Å². The van der Waals surface area contributed by atoms with Crippen molar-refractivity contribution in [3.05, 3.63) is 20.8 Å². The van der Waals surface area contributed by atoms with Gasteiger partial charge in [0.05, 0.1) is 0 Å². The lowest BCUT2D eigenvalue weighted by Crippen LogP contribution is -2.42. The summed E-state index contributed by atoms with van der Waals surface area (Å²) < 4.78 is 73.3. The van der Waals surface area contributed by atoms with E-state index < -0.39 is 29.6 Å². The third-order valence-corrected chi connectivity index (χ3v) is 3.50. The summed E-state index contributed by atoms with van der Waals surface area (Å²) in [5, 5.41) is 2.17. The Bertz CT molecular complexity index is 406. The maximum absolute atomic E-state index is 12.2. The van der Waals surface area contributed by atoms with Crippen LogP contribution in [0.15, 0.2) is 15.2 Å². The molecule has 0 radical (unpaired) electrons. The third kappa shape index (κ3) is 3.21. The Morgan fingerprint density at radius 2 is 1.59 bits per heavy atom. The lowest BCUT2D eigenvalue weighted by Gasteiger charge is -2.21. The Morgan fingerprint density at radius 3 is 1.88 bits per heavy atom. The first-order chi connectivity index (χ1) is 7.55. The summed E-state index contributed by atoms with van der Waals surface area (Å²) in [5.41, 5.74) is -0.616. The van der Waals surface area contributed by atoms with Crippen LogP contribution < -0.4 is 0 Å². The second-order valence-electron chi connectivity index (χ2n) is 3.01. The molecule has 0 unspecified atom stereocenters. The Balaban J connectivity index is 3.18. The number of halogens is 7. The van der Waals surface area contributed by atoms with Gasteiger partial charge < -0.3 is 0 Å². The van der Waals surface area contributed by atoms with Crippen LogP contribution in [0.25, 0.3) is 0 Å². The number of carbonyl (C=O) groups excluding carboxylic acids is 1. The lowest BCUT2D eigenvalue weighted by molar-refractivity contribution is -0.264. The highest BCUT2D eigenvalue weighted by Gasteiger charge is 2.61. The SMILES string of the molecule is O=C(c1cscc1Br)C(C(F)(F)F)C(F)(F)F. The maximum Gasteiger partial charge on any atom is 0.407 e. The number of hydrogen-bond donors (Lipinski definition) is 0. The summed E-state index contributed by atoms with van der Waals surface area (Å²) in [7, 11) is 0. The van der Waals surface area contributed by atoms with E-state index in [2.05, 4.69) is 15.9 Å². The van der Waals surface area contributed by atoms with E-state index in [-0.39, 0.29) is 4.47 Å². The van der Waals surface area contributed by atoms with Gasteiger partial charge in [0.25, 0.3) is 0 Å². The van der Waals surface area contributed by atoms with E-state index >= 15 is 0 Å². The first-order valence-electron chi connectivity index (χ1n) is 3.94. The summed E-state index contributed by atoms with van der Waals surface area (Å²) in [6.45, 7) is 0. The van der Waals surface area contributed by atoms with Crippen molar-refractivity contribution in [2.24, 2.45) is 5.92 Å². The van der Waals surface area contributed by atoms with Crippen molar-refractivity contribution < 1.29 is 31.1 Å². The summed E-state index contributed by atoms with van der Waals surface area (Å²) in [4.78, 5) is 11.3. The molecule has 0 aromatic carbocycles. The van der Waals surface area contributed by atoms with Gasteiger partial charge in [-0.2, -0.15) is 37.7 Å². The molecular weight excluding hydrogens is 338 g/mol. The molecule has 0 amide bonds. The highest BCUT2D eigenvalue weighted by molar-refractivity contribution is 9.10. The molecule has 0 saturated heterocycles. The molecule has 1 rings (SSSR count). The van der Waals surface area contributed by atoms with Gasteiger partial charge >= 0.3 is 12.4 Å². The van der Waals surface area contributed by atoms with E-state index in [1.54, 1.807) is 0 Å². The Kier molecular flexibility index (Phi) is 3.92. The normalized spacial score (nSPS) is 13.2. The first kappa shape index (κ1) is 14.5. The Labute approximate surface area is 104 Å². The maximum atomic E-state index is 12.2.